The third kappa shape index (κ3) is 365. The third-order valence-electron chi connectivity index (χ3n) is 0. The van der Waals surface area contributed by atoms with Crippen molar-refractivity contribution < 1.29 is 15.4 Å². The van der Waals surface area contributed by atoms with Gasteiger partial charge in [-0.1, -0.05) is 0 Å². The van der Waals surface area contributed by atoms with E-state index in [0.717, 1.165) is 0 Å². The molecule has 0 aliphatic carbocycles. The van der Waals surface area contributed by atoms with Gasteiger partial charge in [0.2, 0.25) is 0 Å². The standard InChI is InChI=1S/ClH.Cr.5H3N/h1H;;5*1H3/q;+1;;;;;/p-1. The molecule has 0 radical (unpaired) electrons. The summed E-state index contributed by atoms with van der Waals surface area (Å²) in [5.74, 6) is 0. The summed E-state index contributed by atoms with van der Waals surface area (Å²) in [6.45, 7) is 0. The van der Waals surface area contributed by atoms with Gasteiger partial charge in [0.05, 0.1) is 0 Å². The second-order valence-corrected chi connectivity index (χ2v) is 0. The Morgan fingerprint density at radius 3 is 0.571 bits per heavy atom. The van der Waals surface area contributed by atoms with Crippen molar-refractivity contribution >= 4 is 10.0 Å². The molecule has 53 valence electrons. The van der Waals surface area contributed by atoms with Crippen LogP contribution in [0.4, 0.5) is 0 Å². The predicted molar refractivity (Wildman–Crippen MR) is 31.0 cm³/mol. The predicted octanol–water partition coefficient (Wildman–Crippen LogP) is 1.50. The summed E-state index contributed by atoms with van der Waals surface area (Å²) in [4.78, 5) is 0. The maximum atomic E-state index is 4.51. The number of hydrogen-bond acceptors (Lipinski definition) is 5. The van der Waals surface area contributed by atoms with E-state index < -0.39 is 0 Å². The summed E-state index contributed by atoms with van der Waals surface area (Å²) in [5, 5.41) is 0. The fourth-order valence-electron chi connectivity index (χ4n) is 0. The van der Waals surface area contributed by atoms with Crippen LogP contribution in [0.1, 0.15) is 0 Å². The van der Waals surface area contributed by atoms with Crippen LogP contribution in [-0.4, -0.2) is 0 Å². The average Bonchev–Trinajstić information content (AvgIpc) is 1.00. The molecule has 0 rings (SSSR count). The molecule has 0 atom stereocenters. The van der Waals surface area contributed by atoms with Crippen molar-refractivity contribution in [1.82, 2.24) is 30.8 Å². The first-order valence-electron chi connectivity index (χ1n) is 0.154. The Labute approximate surface area is 56.7 Å². The Kier molecular flexibility index (Phi) is 9800. The van der Waals surface area contributed by atoms with Crippen LogP contribution in [0.15, 0.2) is 0 Å². The van der Waals surface area contributed by atoms with Crippen LogP contribution in [0.5, 0.6) is 0 Å². The van der Waals surface area contributed by atoms with E-state index in [1.165, 1.54) is 0 Å². The summed E-state index contributed by atoms with van der Waals surface area (Å²) in [6.07, 6.45) is 0. The quantitative estimate of drug-likeness (QED) is 0.371. The fraction of sp³-hybridized carbons (Fsp3) is 0. The van der Waals surface area contributed by atoms with Gasteiger partial charge in [0.15, 0.2) is 0 Å². The molecular formula is H15ClCrN5. The van der Waals surface area contributed by atoms with Gasteiger partial charge >= 0.3 is 25.4 Å². The van der Waals surface area contributed by atoms with Crippen LogP contribution in [-0.2, 0) is 15.4 Å². The molecule has 0 unspecified atom stereocenters. The molecule has 0 aromatic rings. The monoisotopic (exact) mass is 172 g/mol. The topological polar surface area (TPSA) is 175 Å². The molecule has 15 N–H and O–H groups in total. The van der Waals surface area contributed by atoms with Gasteiger partial charge < -0.3 is 30.8 Å². The molecule has 0 aliphatic heterocycles. The van der Waals surface area contributed by atoms with Crippen molar-refractivity contribution in [2.45, 2.75) is 0 Å². The molecule has 0 aromatic heterocycles. The van der Waals surface area contributed by atoms with E-state index in [4.69, 9.17) is 0 Å². The average molecular weight is 173 g/mol. The first-order valence-corrected chi connectivity index (χ1v) is 1.91. The first-order chi connectivity index (χ1) is 1.00. The Balaban J connectivity index is -0.000000000500. The van der Waals surface area contributed by atoms with E-state index in [-0.39, 0.29) is 30.8 Å². The Hall–Kier alpha value is 0.622. The normalized spacial score (nSPS) is 0.714. The number of hydrogen-bond donors (Lipinski definition) is 5. The van der Waals surface area contributed by atoms with Gasteiger partial charge in [-0.05, 0) is 0 Å². The molecule has 7 heavy (non-hydrogen) atoms. The first kappa shape index (κ1) is 127. The zero-order valence-electron chi connectivity index (χ0n) is 4.32. The van der Waals surface area contributed by atoms with Crippen molar-refractivity contribution in [3.8, 4) is 0 Å². The van der Waals surface area contributed by atoms with Gasteiger partial charge in [-0.3, -0.25) is 0 Å². The molecule has 0 spiro atoms. The van der Waals surface area contributed by atoms with Crippen LogP contribution in [0.25, 0.3) is 0 Å². The van der Waals surface area contributed by atoms with Gasteiger partial charge in [-0.25, -0.2) is 0 Å². The molecule has 0 aromatic carbocycles. The Bertz CT molecular complexity index is 8.04. The van der Waals surface area contributed by atoms with Crippen molar-refractivity contribution in [3.05, 3.63) is 0 Å². The second-order valence-electron chi connectivity index (χ2n) is 0. The maximum absolute atomic E-state index is 4.51. The summed E-state index contributed by atoms with van der Waals surface area (Å²) in [6, 6.07) is 0. The van der Waals surface area contributed by atoms with E-state index in [1.54, 1.807) is 0 Å². The van der Waals surface area contributed by atoms with E-state index in [0.29, 0.717) is 0 Å². The fourth-order valence-corrected chi connectivity index (χ4v) is 0. The third-order valence-corrected chi connectivity index (χ3v) is 0. The van der Waals surface area contributed by atoms with Crippen molar-refractivity contribution in [2.75, 3.05) is 0 Å². The van der Waals surface area contributed by atoms with Gasteiger partial charge in [0.25, 0.3) is 0 Å². The molecule has 5 nitrogen and oxygen atoms in total. The molecule has 0 bridgehead atoms. The molecule has 0 saturated carbocycles. The zero-order chi connectivity index (χ0) is 2.00. The Morgan fingerprint density at radius 1 is 0.571 bits per heavy atom. The van der Waals surface area contributed by atoms with Gasteiger partial charge in [0.1, 0.15) is 0 Å². The zero-order valence-corrected chi connectivity index (χ0v) is 6.35. The van der Waals surface area contributed by atoms with Gasteiger partial charge in [0, 0.05) is 0 Å². The molecule has 0 aliphatic rings. The van der Waals surface area contributed by atoms with E-state index in [2.05, 4.69) is 25.4 Å². The van der Waals surface area contributed by atoms with Crippen LogP contribution in [0.2, 0.25) is 0 Å². The van der Waals surface area contributed by atoms with Crippen LogP contribution in [0, 0.1) is 0 Å². The molecule has 0 heterocycles. The second kappa shape index (κ2) is 540. The van der Waals surface area contributed by atoms with Crippen molar-refractivity contribution in [2.24, 2.45) is 0 Å². The minimum atomic E-state index is 0. The molecule has 7 heteroatoms. The Morgan fingerprint density at radius 2 is 0.571 bits per heavy atom. The van der Waals surface area contributed by atoms with E-state index in [9.17, 15) is 0 Å². The van der Waals surface area contributed by atoms with Crippen LogP contribution >= 0.6 is 10.0 Å². The number of halogens is 1. The molecular weight excluding hydrogens is 157 g/mol. The molecule has 0 saturated heterocycles. The summed E-state index contributed by atoms with van der Waals surface area (Å²) in [7, 11) is 4.51. The molecule has 0 fully saturated rings. The van der Waals surface area contributed by atoms with Gasteiger partial charge in [-0.2, -0.15) is 0 Å². The van der Waals surface area contributed by atoms with Crippen molar-refractivity contribution in [3.63, 3.8) is 0 Å². The summed E-state index contributed by atoms with van der Waals surface area (Å²) >= 11 is 2.10. The van der Waals surface area contributed by atoms with E-state index in [1.807, 2.05) is 0 Å². The number of rotatable bonds is 0. The summed E-state index contributed by atoms with van der Waals surface area (Å²) in [5.41, 5.74) is 0. The SMILES string of the molecule is N.N.N.N.N.[Cl][Cr]. The van der Waals surface area contributed by atoms with E-state index >= 15 is 0 Å². The summed E-state index contributed by atoms with van der Waals surface area (Å²) < 4.78 is 0. The minimum absolute atomic E-state index is 0. The van der Waals surface area contributed by atoms with Crippen LogP contribution < -0.4 is 30.8 Å². The molecule has 0 amide bonds. The van der Waals surface area contributed by atoms with Crippen LogP contribution in [0.3, 0.4) is 0 Å². The van der Waals surface area contributed by atoms with Crippen molar-refractivity contribution in [1.29, 1.82) is 0 Å². The van der Waals surface area contributed by atoms with Gasteiger partial charge in [-0.15, -0.1) is 0 Å².